The van der Waals surface area contributed by atoms with Gasteiger partial charge >= 0.3 is 6.18 Å². The molecule has 0 saturated carbocycles. The summed E-state index contributed by atoms with van der Waals surface area (Å²) in [7, 11) is -4.36. The van der Waals surface area contributed by atoms with Gasteiger partial charge in [-0.3, -0.25) is 4.84 Å². The number of halogens is 3. The standard InChI is InChI=1S/C11H14F3NO3S/c1-8(2)7-18-15-19(16,17)10-6-4-3-5-9(10)11(12,13)14/h3-6,8,15H,7H2,1-2H3. The Kier molecular flexibility index (Phi) is 4.94. The molecule has 0 aliphatic rings. The van der Waals surface area contributed by atoms with Crippen molar-refractivity contribution in [3.05, 3.63) is 29.8 Å². The quantitative estimate of drug-likeness (QED) is 0.850. The molecule has 8 heteroatoms. The van der Waals surface area contributed by atoms with Crippen LogP contribution in [0.4, 0.5) is 13.2 Å². The highest BCUT2D eigenvalue weighted by Gasteiger charge is 2.36. The average Bonchev–Trinajstić information content (AvgIpc) is 2.27. The topological polar surface area (TPSA) is 55.4 Å². The molecular formula is C11H14F3NO3S. The van der Waals surface area contributed by atoms with Crippen LogP contribution in [0.3, 0.4) is 0 Å². The third-order valence-electron chi connectivity index (χ3n) is 2.07. The Morgan fingerprint density at radius 3 is 2.37 bits per heavy atom. The number of nitrogens with one attached hydrogen (secondary N) is 1. The van der Waals surface area contributed by atoms with Crippen molar-refractivity contribution in [1.82, 2.24) is 4.89 Å². The van der Waals surface area contributed by atoms with E-state index in [0.29, 0.717) is 6.07 Å². The molecule has 0 heterocycles. The van der Waals surface area contributed by atoms with E-state index in [9.17, 15) is 21.6 Å². The number of alkyl halides is 3. The first-order valence-electron chi connectivity index (χ1n) is 5.44. The van der Waals surface area contributed by atoms with Gasteiger partial charge in [-0.25, -0.2) is 8.42 Å². The molecule has 0 spiro atoms. The van der Waals surface area contributed by atoms with Crippen LogP contribution in [0.5, 0.6) is 0 Å². The first-order chi connectivity index (χ1) is 8.64. The molecule has 0 unspecified atom stereocenters. The molecule has 4 nitrogen and oxygen atoms in total. The summed E-state index contributed by atoms with van der Waals surface area (Å²) in [5, 5.41) is 0. The fourth-order valence-corrected chi connectivity index (χ4v) is 2.30. The second kappa shape index (κ2) is 5.89. The lowest BCUT2D eigenvalue weighted by molar-refractivity contribution is -0.139. The van der Waals surface area contributed by atoms with Crippen molar-refractivity contribution in [2.45, 2.75) is 24.9 Å². The first-order valence-corrected chi connectivity index (χ1v) is 6.92. The van der Waals surface area contributed by atoms with Gasteiger partial charge in [-0.05, 0) is 18.1 Å². The summed E-state index contributed by atoms with van der Waals surface area (Å²) < 4.78 is 61.6. The van der Waals surface area contributed by atoms with Gasteiger partial charge in [0.15, 0.2) is 0 Å². The van der Waals surface area contributed by atoms with Crippen LogP contribution in [0.1, 0.15) is 19.4 Å². The minimum atomic E-state index is -4.75. The van der Waals surface area contributed by atoms with Crippen molar-refractivity contribution in [2.24, 2.45) is 5.92 Å². The normalized spacial score (nSPS) is 12.9. The van der Waals surface area contributed by atoms with E-state index >= 15 is 0 Å². The van der Waals surface area contributed by atoms with Crippen LogP contribution in [0.2, 0.25) is 0 Å². The van der Waals surface area contributed by atoms with E-state index in [1.165, 1.54) is 6.07 Å². The molecule has 0 atom stereocenters. The van der Waals surface area contributed by atoms with Gasteiger partial charge in [-0.15, -0.1) is 0 Å². The number of rotatable bonds is 5. The molecule has 1 N–H and O–H groups in total. The second-order valence-electron chi connectivity index (χ2n) is 4.29. The number of hydrogen-bond donors (Lipinski definition) is 1. The van der Waals surface area contributed by atoms with Crippen LogP contribution < -0.4 is 4.89 Å². The Bertz CT molecular complexity index is 526. The highest BCUT2D eigenvalue weighted by molar-refractivity contribution is 7.89. The lowest BCUT2D eigenvalue weighted by Gasteiger charge is -2.14. The van der Waals surface area contributed by atoms with E-state index in [0.717, 1.165) is 12.1 Å². The van der Waals surface area contributed by atoms with Crippen LogP contribution in [-0.4, -0.2) is 15.0 Å². The monoisotopic (exact) mass is 297 g/mol. The van der Waals surface area contributed by atoms with Gasteiger partial charge in [-0.2, -0.15) is 13.2 Å². The summed E-state index contributed by atoms with van der Waals surface area (Å²) in [6.45, 7) is 3.61. The molecule has 0 bridgehead atoms. The molecule has 108 valence electrons. The van der Waals surface area contributed by atoms with Crippen molar-refractivity contribution in [1.29, 1.82) is 0 Å². The summed E-state index contributed by atoms with van der Waals surface area (Å²) in [6.07, 6.45) is -4.75. The van der Waals surface area contributed by atoms with E-state index in [1.807, 2.05) is 0 Å². The van der Waals surface area contributed by atoms with Gasteiger partial charge in [0.25, 0.3) is 10.0 Å². The molecule has 1 aromatic rings. The van der Waals surface area contributed by atoms with Crippen LogP contribution in [-0.2, 0) is 21.0 Å². The van der Waals surface area contributed by atoms with E-state index < -0.39 is 26.7 Å². The van der Waals surface area contributed by atoms with Gasteiger partial charge < -0.3 is 0 Å². The molecular weight excluding hydrogens is 283 g/mol. The zero-order valence-corrected chi connectivity index (χ0v) is 11.2. The van der Waals surface area contributed by atoms with Gasteiger partial charge in [0.2, 0.25) is 0 Å². The van der Waals surface area contributed by atoms with Crippen molar-refractivity contribution < 1.29 is 26.4 Å². The number of sulfonamides is 1. The Labute approximate surface area is 109 Å². The zero-order chi connectivity index (χ0) is 14.7. The van der Waals surface area contributed by atoms with Crippen molar-refractivity contribution >= 4 is 10.0 Å². The van der Waals surface area contributed by atoms with Crippen LogP contribution in [0, 0.1) is 5.92 Å². The minimum Gasteiger partial charge on any atom is -0.287 e. The minimum absolute atomic E-state index is 0.0422. The second-order valence-corrected chi connectivity index (χ2v) is 5.90. The molecule has 1 aromatic carbocycles. The van der Waals surface area contributed by atoms with Gasteiger partial charge in [0.1, 0.15) is 0 Å². The summed E-state index contributed by atoms with van der Waals surface area (Å²) in [6, 6.07) is 3.92. The maximum absolute atomic E-state index is 12.7. The van der Waals surface area contributed by atoms with Crippen LogP contribution >= 0.6 is 0 Å². The third kappa shape index (κ3) is 4.48. The highest BCUT2D eigenvalue weighted by Crippen LogP contribution is 2.33. The summed E-state index contributed by atoms with van der Waals surface area (Å²) in [4.78, 5) is 5.51. The third-order valence-corrected chi connectivity index (χ3v) is 3.34. The number of hydrogen-bond acceptors (Lipinski definition) is 3. The molecule has 0 fully saturated rings. The van der Waals surface area contributed by atoms with E-state index in [2.05, 4.69) is 4.84 Å². The molecule has 0 amide bonds. The molecule has 0 aromatic heterocycles. The molecule has 19 heavy (non-hydrogen) atoms. The lowest BCUT2D eigenvalue weighted by atomic mass is 10.2. The Morgan fingerprint density at radius 1 is 1.26 bits per heavy atom. The van der Waals surface area contributed by atoms with E-state index in [4.69, 9.17) is 0 Å². The van der Waals surface area contributed by atoms with Crippen molar-refractivity contribution in [3.63, 3.8) is 0 Å². The van der Waals surface area contributed by atoms with E-state index in [-0.39, 0.29) is 12.5 Å². The van der Waals surface area contributed by atoms with Crippen molar-refractivity contribution in [3.8, 4) is 0 Å². The van der Waals surface area contributed by atoms with Crippen LogP contribution in [0.15, 0.2) is 29.2 Å². The SMILES string of the molecule is CC(C)CONS(=O)(=O)c1ccccc1C(F)(F)F. The maximum Gasteiger partial charge on any atom is 0.417 e. The first kappa shape index (κ1) is 15.9. The Morgan fingerprint density at radius 2 is 1.84 bits per heavy atom. The van der Waals surface area contributed by atoms with Gasteiger partial charge in [0, 0.05) is 0 Å². The fourth-order valence-electron chi connectivity index (χ4n) is 1.26. The van der Waals surface area contributed by atoms with Crippen LogP contribution in [0.25, 0.3) is 0 Å². The highest BCUT2D eigenvalue weighted by atomic mass is 32.2. The largest absolute Gasteiger partial charge is 0.417 e. The summed E-state index contributed by atoms with van der Waals surface area (Å²) in [5.74, 6) is 0.0422. The molecule has 1 rings (SSSR count). The van der Waals surface area contributed by atoms with E-state index in [1.54, 1.807) is 18.7 Å². The smallest absolute Gasteiger partial charge is 0.287 e. The lowest BCUT2D eigenvalue weighted by Crippen LogP contribution is -2.28. The average molecular weight is 297 g/mol. The Hall–Kier alpha value is -1.12. The van der Waals surface area contributed by atoms with Gasteiger partial charge in [0.05, 0.1) is 17.1 Å². The molecule has 0 saturated heterocycles. The molecule has 0 aliphatic carbocycles. The number of benzene rings is 1. The molecule has 0 radical (unpaired) electrons. The Balaban J connectivity index is 3.02. The predicted molar refractivity (Wildman–Crippen MR) is 62.6 cm³/mol. The maximum atomic E-state index is 12.7. The fraction of sp³-hybridized carbons (Fsp3) is 0.455. The predicted octanol–water partition coefficient (Wildman–Crippen LogP) is 2.57. The van der Waals surface area contributed by atoms with Crippen molar-refractivity contribution in [2.75, 3.05) is 6.61 Å². The summed E-state index contributed by atoms with van der Waals surface area (Å²) >= 11 is 0. The molecule has 0 aliphatic heterocycles. The zero-order valence-electron chi connectivity index (χ0n) is 10.4. The van der Waals surface area contributed by atoms with Gasteiger partial charge in [-0.1, -0.05) is 30.9 Å². The summed E-state index contributed by atoms with van der Waals surface area (Å²) in [5.41, 5.74) is -1.23.